The van der Waals surface area contributed by atoms with E-state index in [2.05, 4.69) is 50.5 Å². The molecule has 19 heavy (non-hydrogen) atoms. The molecule has 0 aliphatic heterocycles. The van der Waals surface area contributed by atoms with Crippen molar-refractivity contribution in [3.8, 4) is 6.07 Å². The minimum Gasteiger partial charge on any atom is -0.362 e. The van der Waals surface area contributed by atoms with Crippen molar-refractivity contribution in [2.24, 2.45) is 0 Å². The summed E-state index contributed by atoms with van der Waals surface area (Å²) in [6.45, 7) is 0.896. The first-order valence-electron chi connectivity index (χ1n) is 6.27. The molecule has 1 fully saturated rings. The number of anilines is 1. The standard InChI is InChI=1S/C15H13BrN2S/c16-14-4-1-5-15(13(14)9-17)18(11-6-7-11)10-12-3-2-8-19-12/h1-5,8,11H,6-7,10H2. The molecular weight excluding hydrogens is 320 g/mol. The highest BCUT2D eigenvalue weighted by atomic mass is 79.9. The Morgan fingerprint density at radius 1 is 1.32 bits per heavy atom. The van der Waals surface area contributed by atoms with Gasteiger partial charge in [0.1, 0.15) is 6.07 Å². The molecule has 0 saturated heterocycles. The van der Waals surface area contributed by atoms with Crippen LogP contribution in [-0.4, -0.2) is 6.04 Å². The number of thiophene rings is 1. The molecule has 2 nitrogen and oxygen atoms in total. The fourth-order valence-corrected chi connectivity index (χ4v) is 3.38. The van der Waals surface area contributed by atoms with Crippen LogP contribution in [0.25, 0.3) is 0 Å². The van der Waals surface area contributed by atoms with Gasteiger partial charge in [0.25, 0.3) is 0 Å². The summed E-state index contributed by atoms with van der Waals surface area (Å²) in [5.74, 6) is 0. The Balaban J connectivity index is 1.97. The van der Waals surface area contributed by atoms with Gasteiger partial charge in [-0.15, -0.1) is 11.3 Å². The van der Waals surface area contributed by atoms with Gasteiger partial charge in [0.2, 0.25) is 0 Å². The Hall–Kier alpha value is -1.31. The van der Waals surface area contributed by atoms with E-state index in [1.165, 1.54) is 17.7 Å². The van der Waals surface area contributed by atoms with E-state index in [0.717, 1.165) is 22.3 Å². The van der Waals surface area contributed by atoms with Crippen molar-refractivity contribution in [2.75, 3.05) is 4.90 Å². The van der Waals surface area contributed by atoms with Crippen LogP contribution in [0.5, 0.6) is 0 Å². The first-order valence-corrected chi connectivity index (χ1v) is 7.94. The molecule has 0 radical (unpaired) electrons. The zero-order chi connectivity index (χ0) is 13.2. The maximum absolute atomic E-state index is 9.37. The van der Waals surface area contributed by atoms with Crippen LogP contribution in [0.3, 0.4) is 0 Å². The lowest BCUT2D eigenvalue weighted by atomic mass is 10.1. The molecule has 1 aromatic heterocycles. The number of nitriles is 1. The minimum absolute atomic E-state index is 0.587. The van der Waals surface area contributed by atoms with Gasteiger partial charge in [0.15, 0.2) is 0 Å². The molecule has 0 bridgehead atoms. The third-order valence-corrected chi connectivity index (χ3v) is 4.83. The van der Waals surface area contributed by atoms with Gasteiger partial charge in [0, 0.05) is 15.4 Å². The van der Waals surface area contributed by atoms with Crippen molar-refractivity contribution < 1.29 is 0 Å². The third kappa shape index (κ3) is 2.68. The summed E-state index contributed by atoms with van der Waals surface area (Å²) < 4.78 is 0.879. The van der Waals surface area contributed by atoms with E-state index < -0.39 is 0 Å². The van der Waals surface area contributed by atoms with Gasteiger partial charge >= 0.3 is 0 Å². The first kappa shape index (κ1) is 12.7. The first-order chi connectivity index (χ1) is 9.29. The molecule has 1 aliphatic rings. The second-order valence-electron chi connectivity index (χ2n) is 4.68. The van der Waals surface area contributed by atoms with Gasteiger partial charge in [-0.25, -0.2) is 0 Å². The van der Waals surface area contributed by atoms with E-state index in [1.54, 1.807) is 11.3 Å². The highest BCUT2D eigenvalue weighted by molar-refractivity contribution is 9.10. The van der Waals surface area contributed by atoms with Gasteiger partial charge < -0.3 is 4.90 Å². The maximum Gasteiger partial charge on any atom is 0.103 e. The predicted molar refractivity (Wildman–Crippen MR) is 82.4 cm³/mol. The number of nitrogens with zero attached hydrogens (tertiary/aromatic N) is 2. The molecule has 0 N–H and O–H groups in total. The molecule has 1 aromatic carbocycles. The van der Waals surface area contributed by atoms with Crippen molar-refractivity contribution in [3.05, 3.63) is 50.6 Å². The Kier molecular flexibility index (Phi) is 3.58. The molecule has 96 valence electrons. The van der Waals surface area contributed by atoms with Crippen LogP contribution in [0, 0.1) is 11.3 Å². The van der Waals surface area contributed by atoms with Crippen molar-refractivity contribution >= 4 is 33.0 Å². The summed E-state index contributed by atoms with van der Waals surface area (Å²) in [4.78, 5) is 3.71. The monoisotopic (exact) mass is 332 g/mol. The number of benzene rings is 1. The quantitative estimate of drug-likeness (QED) is 0.821. The van der Waals surface area contributed by atoms with E-state index in [0.29, 0.717) is 6.04 Å². The zero-order valence-electron chi connectivity index (χ0n) is 10.3. The Morgan fingerprint density at radius 3 is 2.79 bits per heavy atom. The molecule has 0 unspecified atom stereocenters. The van der Waals surface area contributed by atoms with Crippen LogP contribution in [0.4, 0.5) is 5.69 Å². The van der Waals surface area contributed by atoms with Gasteiger partial charge in [0.05, 0.1) is 17.8 Å². The van der Waals surface area contributed by atoms with Gasteiger partial charge in [-0.2, -0.15) is 5.26 Å². The third-order valence-electron chi connectivity index (χ3n) is 3.31. The SMILES string of the molecule is N#Cc1c(Br)cccc1N(Cc1cccs1)C1CC1. The van der Waals surface area contributed by atoms with E-state index in [4.69, 9.17) is 0 Å². The Labute approximate surface area is 125 Å². The highest BCUT2D eigenvalue weighted by Gasteiger charge is 2.31. The molecule has 0 spiro atoms. The maximum atomic E-state index is 9.37. The largest absolute Gasteiger partial charge is 0.362 e. The van der Waals surface area contributed by atoms with Gasteiger partial charge in [-0.1, -0.05) is 12.1 Å². The fourth-order valence-electron chi connectivity index (χ4n) is 2.23. The van der Waals surface area contributed by atoms with E-state index >= 15 is 0 Å². The average Bonchev–Trinajstić information content (AvgIpc) is 3.13. The summed E-state index contributed by atoms with van der Waals surface area (Å²) in [7, 11) is 0. The topological polar surface area (TPSA) is 27.0 Å². The molecule has 1 saturated carbocycles. The minimum atomic E-state index is 0.587. The van der Waals surface area contributed by atoms with Gasteiger partial charge in [-0.05, 0) is 52.4 Å². The van der Waals surface area contributed by atoms with Crippen molar-refractivity contribution in [3.63, 3.8) is 0 Å². The molecule has 3 rings (SSSR count). The molecule has 4 heteroatoms. The van der Waals surface area contributed by atoms with E-state index in [9.17, 15) is 5.26 Å². The second kappa shape index (κ2) is 5.36. The van der Waals surface area contributed by atoms with Gasteiger partial charge in [-0.3, -0.25) is 0 Å². The van der Waals surface area contributed by atoms with E-state index in [-0.39, 0.29) is 0 Å². The lowest BCUT2D eigenvalue weighted by molar-refractivity contribution is 0.801. The molecular formula is C15H13BrN2S. The molecule has 1 aliphatic carbocycles. The number of hydrogen-bond acceptors (Lipinski definition) is 3. The lowest BCUT2D eigenvalue weighted by Gasteiger charge is -2.25. The predicted octanol–water partition coefficient (Wildman–Crippen LogP) is 4.55. The smallest absolute Gasteiger partial charge is 0.103 e. The van der Waals surface area contributed by atoms with Crippen LogP contribution in [0.15, 0.2) is 40.2 Å². The van der Waals surface area contributed by atoms with Crippen molar-refractivity contribution in [1.29, 1.82) is 5.26 Å². The van der Waals surface area contributed by atoms with Crippen molar-refractivity contribution in [2.45, 2.75) is 25.4 Å². The lowest BCUT2D eigenvalue weighted by Crippen LogP contribution is -2.25. The molecule has 2 aromatic rings. The zero-order valence-corrected chi connectivity index (χ0v) is 12.7. The average molecular weight is 333 g/mol. The van der Waals surface area contributed by atoms with Crippen LogP contribution < -0.4 is 4.90 Å². The van der Waals surface area contributed by atoms with Crippen molar-refractivity contribution in [1.82, 2.24) is 0 Å². The summed E-state index contributed by atoms with van der Waals surface area (Å²) in [6, 6.07) is 13.1. The van der Waals surface area contributed by atoms with Crippen LogP contribution in [0.2, 0.25) is 0 Å². The fraction of sp³-hybridized carbons (Fsp3) is 0.267. The number of halogens is 1. The molecule has 1 heterocycles. The van der Waals surface area contributed by atoms with Crippen LogP contribution in [-0.2, 0) is 6.54 Å². The van der Waals surface area contributed by atoms with E-state index in [1.807, 2.05) is 12.1 Å². The molecule has 0 amide bonds. The number of hydrogen-bond donors (Lipinski definition) is 0. The summed E-state index contributed by atoms with van der Waals surface area (Å²) in [6.07, 6.45) is 2.45. The second-order valence-corrected chi connectivity index (χ2v) is 6.57. The Bertz CT molecular complexity index is 612. The van der Waals surface area contributed by atoms with Crippen LogP contribution >= 0.6 is 27.3 Å². The summed E-state index contributed by atoms with van der Waals surface area (Å²) >= 11 is 5.25. The summed E-state index contributed by atoms with van der Waals surface area (Å²) in [5.41, 5.74) is 1.79. The number of rotatable bonds is 4. The molecule has 0 atom stereocenters. The summed E-state index contributed by atoms with van der Waals surface area (Å²) in [5, 5.41) is 11.5. The normalized spacial score (nSPS) is 14.1. The van der Waals surface area contributed by atoms with Crippen LogP contribution in [0.1, 0.15) is 23.3 Å². The Morgan fingerprint density at radius 2 is 2.16 bits per heavy atom. The highest BCUT2D eigenvalue weighted by Crippen LogP contribution is 2.37.